The molecule has 0 bridgehead atoms. The van der Waals surface area contributed by atoms with Crippen molar-refractivity contribution in [3.8, 4) is 11.5 Å². The molecular formula is C20H21N3O2. The van der Waals surface area contributed by atoms with Crippen molar-refractivity contribution in [3.05, 3.63) is 77.7 Å². The first-order valence-corrected chi connectivity index (χ1v) is 8.09. The van der Waals surface area contributed by atoms with Gasteiger partial charge in [0.05, 0.1) is 14.2 Å². The van der Waals surface area contributed by atoms with E-state index in [1.54, 1.807) is 20.4 Å². The van der Waals surface area contributed by atoms with Crippen LogP contribution in [0.5, 0.6) is 11.5 Å². The lowest BCUT2D eigenvalue weighted by molar-refractivity contribution is 0.352. The molecule has 128 valence electrons. The summed E-state index contributed by atoms with van der Waals surface area (Å²) in [6.45, 7) is 0.585. The first-order chi connectivity index (χ1) is 12.3. The Balaban J connectivity index is 1.71. The van der Waals surface area contributed by atoms with Crippen molar-refractivity contribution in [2.75, 3.05) is 19.5 Å². The van der Waals surface area contributed by atoms with Gasteiger partial charge in [0.25, 0.3) is 0 Å². The van der Waals surface area contributed by atoms with Gasteiger partial charge in [-0.1, -0.05) is 42.5 Å². The molecule has 0 fully saturated rings. The molecule has 0 atom stereocenters. The zero-order valence-electron chi connectivity index (χ0n) is 14.4. The van der Waals surface area contributed by atoms with Crippen LogP contribution >= 0.6 is 0 Å². The number of nitrogens with zero attached hydrogens (tertiary/aromatic N) is 2. The predicted octanol–water partition coefficient (Wildman–Crippen LogP) is 3.70. The van der Waals surface area contributed by atoms with Crippen LogP contribution in [0.1, 0.15) is 17.0 Å². The van der Waals surface area contributed by atoms with E-state index in [0.29, 0.717) is 18.7 Å². The summed E-state index contributed by atoms with van der Waals surface area (Å²) < 4.78 is 10.8. The molecule has 5 heteroatoms. The van der Waals surface area contributed by atoms with E-state index in [9.17, 15) is 0 Å². The minimum Gasteiger partial charge on any atom is -0.493 e. The third-order valence-electron chi connectivity index (χ3n) is 3.85. The van der Waals surface area contributed by atoms with Gasteiger partial charge in [0.2, 0.25) is 0 Å². The number of ether oxygens (including phenoxy) is 2. The van der Waals surface area contributed by atoms with Crippen LogP contribution in [0.4, 0.5) is 5.82 Å². The molecule has 0 saturated heterocycles. The Morgan fingerprint density at radius 1 is 0.920 bits per heavy atom. The molecule has 2 aromatic carbocycles. The Labute approximate surface area is 147 Å². The van der Waals surface area contributed by atoms with Gasteiger partial charge in [-0.2, -0.15) is 0 Å². The average Bonchev–Trinajstić information content (AvgIpc) is 2.67. The monoisotopic (exact) mass is 335 g/mol. The molecule has 0 amide bonds. The van der Waals surface area contributed by atoms with Crippen molar-refractivity contribution in [1.29, 1.82) is 0 Å². The van der Waals surface area contributed by atoms with Crippen LogP contribution in [0.2, 0.25) is 0 Å². The first kappa shape index (κ1) is 16.8. The number of aromatic nitrogens is 2. The van der Waals surface area contributed by atoms with E-state index in [2.05, 4.69) is 27.4 Å². The molecule has 25 heavy (non-hydrogen) atoms. The van der Waals surface area contributed by atoms with Crippen LogP contribution in [0.25, 0.3) is 0 Å². The molecule has 1 heterocycles. The zero-order valence-corrected chi connectivity index (χ0v) is 14.4. The SMILES string of the molecule is COc1cccc(CNc2ccnc(Cc3ccccc3)n2)c1OC. The number of hydrogen-bond donors (Lipinski definition) is 1. The summed E-state index contributed by atoms with van der Waals surface area (Å²) in [5, 5.41) is 3.33. The maximum atomic E-state index is 5.46. The lowest BCUT2D eigenvalue weighted by Crippen LogP contribution is -2.06. The molecule has 0 aliphatic carbocycles. The molecule has 5 nitrogen and oxygen atoms in total. The third-order valence-corrected chi connectivity index (χ3v) is 3.85. The molecule has 3 aromatic rings. The number of rotatable bonds is 7. The van der Waals surface area contributed by atoms with E-state index in [1.165, 1.54) is 5.56 Å². The number of hydrogen-bond acceptors (Lipinski definition) is 5. The van der Waals surface area contributed by atoms with Gasteiger partial charge in [0.15, 0.2) is 11.5 Å². The number of methoxy groups -OCH3 is 2. The van der Waals surface area contributed by atoms with Gasteiger partial charge in [0.1, 0.15) is 11.6 Å². The summed E-state index contributed by atoms with van der Waals surface area (Å²) in [4.78, 5) is 8.94. The van der Waals surface area contributed by atoms with Crippen molar-refractivity contribution in [1.82, 2.24) is 9.97 Å². The lowest BCUT2D eigenvalue weighted by atomic mass is 10.1. The lowest BCUT2D eigenvalue weighted by Gasteiger charge is -2.13. The highest BCUT2D eigenvalue weighted by atomic mass is 16.5. The van der Waals surface area contributed by atoms with Crippen molar-refractivity contribution in [2.45, 2.75) is 13.0 Å². The van der Waals surface area contributed by atoms with Gasteiger partial charge in [-0.25, -0.2) is 9.97 Å². The smallest absolute Gasteiger partial charge is 0.165 e. The van der Waals surface area contributed by atoms with Crippen LogP contribution in [0.3, 0.4) is 0 Å². The summed E-state index contributed by atoms with van der Waals surface area (Å²) in [7, 11) is 3.28. The van der Waals surface area contributed by atoms with Crippen LogP contribution in [-0.4, -0.2) is 24.2 Å². The molecule has 3 rings (SSSR count). The molecule has 1 N–H and O–H groups in total. The van der Waals surface area contributed by atoms with Gasteiger partial charge in [-0.3, -0.25) is 0 Å². The van der Waals surface area contributed by atoms with Crippen LogP contribution in [-0.2, 0) is 13.0 Å². The number of benzene rings is 2. The van der Waals surface area contributed by atoms with E-state index < -0.39 is 0 Å². The van der Waals surface area contributed by atoms with Gasteiger partial charge >= 0.3 is 0 Å². The first-order valence-electron chi connectivity index (χ1n) is 8.09. The van der Waals surface area contributed by atoms with Crippen LogP contribution < -0.4 is 14.8 Å². The largest absolute Gasteiger partial charge is 0.493 e. The predicted molar refractivity (Wildman–Crippen MR) is 98.2 cm³/mol. The number of anilines is 1. The fourth-order valence-corrected chi connectivity index (χ4v) is 2.64. The van der Waals surface area contributed by atoms with Gasteiger partial charge in [-0.05, 0) is 17.7 Å². The highest BCUT2D eigenvalue weighted by molar-refractivity contribution is 5.48. The van der Waals surface area contributed by atoms with E-state index >= 15 is 0 Å². The summed E-state index contributed by atoms with van der Waals surface area (Å²) in [5.74, 6) is 3.02. The average molecular weight is 335 g/mol. The van der Waals surface area contributed by atoms with E-state index in [4.69, 9.17) is 9.47 Å². The van der Waals surface area contributed by atoms with E-state index in [1.807, 2.05) is 42.5 Å². The number of para-hydroxylation sites is 1. The molecule has 0 spiro atoms. The zero-order chi connectivity index (χ0) is 17.5. The fourth-order valence-electron chi connectivity index (χ4n) is 2.64. The van der Waals surface area contributed by atoms with Crippen molar-refractivity contribution >= 4 is 5.82 Å². The Kier molecular flexibility index (Phi) is 5.46. The molecule has 0 aliphatic heterocycles. The molecular weight excluding hydrogens is 314 g/mol. The van der Waals surface area contributed by atoms with Crippen molar-refractivity contribution < 1.29 is 9.47 Å². The molecule has 1 aromatic heterocycles. The van der Waals surface area contributed by atoms with Crippen LogP contribution in [0, 0.1) is 0 Å². The molecule has 0 radical (unpaired) electrons. The van der Waals surface area contributed by atoms with E-state index in [-0.39, 0.29) is 0 Å². The summed E-state index contributed by atoms with van der Waals surface area (Å²) in [6, 6.07) is 17.9. The van der Waals surface area contributed by atoms with Gasteiger partial charge in [-0.15, -0.1) is 0 Å². The quantitative estimate of drug-likeness (QED) is 0.713. The highest BCUT2D eigenvalue weighted by Crippen LogP contribution is 2.30. The van der Waals surface area contributed by atoms with Crippen molar-refractivity contribution in [3.63, 3.8) is 0 Å². The molecule has 0 saturated carbocycles. The summed E-state index contributed by atoms with van der Waals surface area (Å²) in [6.07, 6.45) is 2.48. The van der Waals surface area contributed by atoms with Crippen molar-refractivity contribution in [2.24, 2.45) is 0 Å². The van der Waals surface area contributed by atoms with Gasteiger partial charge < -0.3 is 14.8 Å². The third kappa shape index (κ3) is 4.26. The Morgan fingerprint density at radius 3 is 2.52 bits per heavy atom. The second-order valence-corrected chi connectivity index (χ2v) is 5.53. The molecule has 0 unspecified atom stereocenters. The van der Waals surface area contributed by atoms with Gasteiger partial charge in [0, 0.05) is 24.7 Å². The maximum Gasteiger partial charge on any atom is 0.165 e. The normalized spacial score (nSPS) is 10.3. The summed E-state index contributed by atoms with van der Waals surface area (Å²) >= 11 is 0. The van der Waals surface area contributed by atoms with Crippen LogP contribution in [0.15, 0.2) is 60.8 Å². The topological polar surface area (TPSA) is 56.3 Å². The van der Waals surface area contributed by atoms with E-state index in [0.717, 1.165) is 23.0 Å². The maximum absolute atomic E-state index is 5.46. The second kappa shape index (κ2) is 8.15. The number of nitrogens with one attached hydrogen (secondary N) is 1. The standard InChI is InChI=1S/C20H21N3O2/c1-24-17-10-6-9-16(20(17)25-2)14-22-18-11-12-21-19(23-18)13-15-7-4-3-5-8-15/h3-12H,13-14H2,1-2H3,(H,21,22,23). The Morgan fingerprint density at radius 2 is 1.76 bits per heavy atom. The fraction of sp³-hybridized carbons (Fsp3) is 0.200. The minimum atomic E-state index is 0.585. The molecule has 0 aliphatic rings. The highest BCUT2D eigenvalue weighted by Gasteiger charge is 2.09. The second-order valence-electron chi connectivity index (χ2n) is 5.53. The minimum absolute atomic E-state index is 0.585. The Bertz CT molecular complexity index is 822. The summed E-state index contributed by atoms with van der Waals surface area (Å²) in [5.41, 5.74) is 2.19. The Hall–Kier alpha value is -3.08.